The first-order valence-electron chi connectivity index (χ1n) is 3.20. The smallest absolute Gasteiger partial charge is 0.250 e. The van der Waals surface area contributed by atoms with Crippen LogP contribution in [0.4, 0.5) is 0 Å². The molecule has 0 aliphatic carbocycles. The molecule has 0 atom stereocenters. The monoisotopic (exact) mass is 138 g/mol. The number of hydrogen-bond acceptors (Lipinski definition) is 3. The van der Waals surface area contributed by atoms with E-state index in [1.165, 1.54) is 0 Å². The van der Waals surface area contributed by atoms with Crippen LogP contribution in [0.25, 0.3) is 6.08 Å². The van der Waals surface area contributed by atoms with Crippen molar-refractivity contribution in [2.75, 3.05) is 0 Å². The van der Waals surface area contributed by atoms with Gasteiger partial charge in [-0.05, 0) is 6.08 Å². The van der Waals surface area contributed by atoms with Crippen LogP contribution in [0.1, 0.15) is 31.5 Å². The molecule has 1 heterocycles. The zero-order chi connectivity index (χ0) is 7.56. The Hall–Kier alpha value is -1.12. The lowest BCUT2D eigenvalue weighted by atomic mass is 10.2. The minimum absolute atomic E-state index is 0.317. The summed E-state index contributed by atoms with van der Waals surface area (Å²) in [7, 11) is 0. The lowest BCUT2D eigenvalue weighted by Crippen LogP contribution is -1.88. The summed E-state index contributed by atoms with van der Waals surface area (Å²) in [5.41, 5.74) is 0. The van der Waals surface area contributed by atoms with E-state index in [1.54, 1.807) is 6.08 Å². The molecule has 0 fully saturated rings. The quantitative estimate of drug-likeness (QED) is 0.625. The highest BCUT2D eigenvalue weighted by atomic mass is 16.5. The second-order valence-corrected chi connectivity index (χ2v) is 2.35. The topological polar surface area (TPSA) is 38.9 Å². The van der Waals surface area contributed by atoms with Gasteiger partial charge in [0.15, 0.2) is 5.82 Å². The van der Waals surface area contributed by atoms with Gasteiger partial charge in [-0.2, -0.15) is 4.98 Å². The van der Waals surface area contributed by atoms with Crippen molar-refractivity contribution in [3.05, 3.63) is 18.3 Å². The first kappa shape index (κ1) is 6.99. The van der Waals surface area contributed by atoms with E-state index in [1.807, 2.05) is 13.8 Å². The van der Waals surface area contributed by atoms with Gasteiger partial charge in [0.1, 0.15) is 0 Å². The minimum Gasteiger partial charge on any atom is -0.335 e. The fourth-order valence-electron chi connectivity index (χ4n) is 0.565. The molecule has 0 unspecified atom stereocenters. The maximum absolute atomic E-state index is 4.80. The number of nitrogens with zero attached hydrogens (tertiary/aromatic N) is 2. The maximum atomic E-state index is 4.80. The van der Waals surface area contributed by atoms with Gasteiger partial charge in [0.25, 0.3) is 0 Å². The van der Waals surface area contributed by atoms with Crippen LogP contribution in [-0.2, 0) is 0 Å². The van der Waals surface area contributed by atoms with E-state index < -0.39 is 0 Å². The van der Waals surface area contributed by atoms with Crippen molar-refractivity contribution in [2.24, 2.45) is 0 Å². The summed E-state index contributed by atoms with van der Waals surface area (Å²) >= 11 is 0. The third kappa shape index (κ3) is 1.23. The van der Waals surface area contributed by atoms with Gasteiger partial charge >= 0.3 is 0 Å². The molecule has 0 bridgehead atoms. The number of aromatic nitrogens is 2. The van der Waals surface area contributed by atoms with Crippen molar-refractivity contribution >= 4 is 6.08 Å². The van der Waals surface area contributed by atoms with Gasteiger partial charge in [-0.3, -0.25) is 0 Å². The zero-order valence-electron chi connectivity index (χ0n) is 6.16. The summed E-state index contributed by atoms with van der Waals surface area (Å²) in [4.78, 5) is 4.03. The first-order valence-corrected chi connectivity index (χ1v) is 3.20. The largest absolute Gasteiger partial charge is 0.335 e. The molecule has 0 spiro atoms. The molecule has 1 aromatic heterocycles. The van der Waals surface area contributed by atoms with E-state index in [4.69, 9.17) is 4.52 Å². The van der Waals surface area contributed by atoms with Gasteiger partial charge in [-0.25, -0.2) is 0 Å². The van der Waals surface area contributed by atoms with E-state index in [-0.39, 0.29) is 0 Å². The van der Waals surface area contributed by atoms with Gasteiger partial charge in [0.2, 0.25) is 5.89 Å². The van der Waals surface area contributed by atoms with Crippen LogP contribution in [0.2, 0.25) is 0 Å². The highest BCUT2D eigenvalue weighted by Crippen LogP contribution is 2.09. The summed E-state index contributed by atoms with van der Waals surface area (Å²) < 4.78 is 4.80. The molecular weight excluding hydrogens is 128 g/mol. The Morgan fingerprint density at radius 1 is 1.60 bits per heavy atom. The van der Waals surface area contributed by atoms with Crippen molar-refractivity contribution < 1.29 is 4.52 Å². The molecular formula is C7H10N2O. The van der Waals surface area contributed by atoms with Crippen LogP contribution in [0.15, 0.2) is 11.1 Å². The molecule has 0 aromatic carbocycles. The van der Waals surface area contributed by atoms with Crippen LogP contribution >= 0.6 is 0 Å². The van der Waals surface area contributed by atoms with E-state index >= 15 is 0 Å². The van der Waals surface area contributed by atoms with Crippen molar-refractivity contribution in [3.63, 3.8) is 0 Å². The molecule has 0 aliphatic heterocycles. The molecule has 0 N–H and O–H groups in total. The average molecular weight is 138 g/mol. The van der Waals surface area contributed by atoms with Crippen molar-refractivity contribution in [3.8, 4) is 0 Å². The van der Waals surface area contributed by atoms with Crippen LogP contribution in [-0.4, -0.2) is 10.1 Å². The second kappa shape index (κ2) is 2.64. The standard InChI is InChI=1S/C7H10N2O/c1-4-6-8-7(5(2)3)9-10-6/h4-5H,1H2,2-3H3. The van der Waals surface area contributed by atoms with Crippen LogP contribution in [0, 0.1) is 0 Å². The summed E-state index contributed by atoms with van der Waals surface area (Å²) in [5, 5.41) is 3.73. The normalized spacial score (nSPS) is 10.3. The average Bonchev–Trinajstić information content (AvgIpc) is 2.34. The molecule has 0 saturated carbocycles. The Morgan fingerprint density at radius 3 is 2.60 bits per heavy atom. The summed E-state index contributed by atoms with van der Waals surface area (Å²) in [6, 6.07) is 0. The molecule has 0 amide bonds. The van der Waals surface area contributed by atoms with Gasteiger partial charge in [-0.15, -0.1) is 0 Å². The van der Waals surface area contributed by atoms with Gasteiger partial charge in [-0.1, -0.05) is 25.6 Å². The Balaban J connectivity index is 2.88. The SMILES string of the molecule is C=Cc1nc(C(C)C)no1. The van der Waals surface area contributed by atoms with Crippen molar-refractivity contribution in [2.45, 2.75) is 19.8 Å². The lowest BCUT2D eigenvalue weighted by molar-refractivity contribution is 0.400. The van der Waals surface area contributed by atoms with Crippen LogP contribution < -0.4 is 0 Å². The molecule has 10 heavy (non-hydrogen) atoms. The molecule has 3 heteroatoms. The highest BCUT2D eigenvalue weighted by molar-refractivity contribution is 5.32. The Labute approximate surface area is 59.8 Å². The van der Waals surface area contributed by atoms with Crippen molar-refractivity contribution in [1.82, 2.24) is 10.1 Å². The molecule has 0 aliphatic rings. The lowest BCUT2D eigenvalue weighted by Gasteiger charge is -1.91. The van der Waals surface area contributed by atoms with E-state index in [0.29, 0.717) is 11.8 Å². The fraction of sp³-hybridized carbons (Fsp3) is 0.429. The molecule has 0 saturated heterocycles. The Bertz CT molecular complexity index is 227. The van der Waals surface area contributed by atoms with E-state index in [2.05, 4.69) is 16.7 Å². The molecule has 3 nitrogen and oxygen atoms in total. The fourth-order valence-corrected chi connectivity index (χ4v) is 0.565. The summed E-state index contributed by atoms with van der Waals surface area (Å²) in [6.45, 7) is 7.53. The van der Waals surface area contributed by atoms with Gasteiger partial charge < -0.3 is 4.52 Å². The van der Waals surface area contributed by atoms with Crippen LogP contribution in [0.3, 0.4) is 0 Å². The molecule has 54 valence electrons. The number of hydrogen-bond donors (Lipinski definition) is 0. The Kier molecular flexibility index (Phi) is 1.85. The van der Waals surface area contributed by atoms with E-state index in [0.717, 1.165) is 5.82 Å². The predicted molar refractivity (Wildman–Crippen MR) is 38.5 cm³/mol. The molecule has 0 radical (unpaired) electrons. The molecule has 1 aromatic rings. The third-order valence-corrected chi connectivity index (χ3v) is 1.15. The van der Waals surface area contributed by atoms with E-state index in [9.17, 15) is 0 Å². The zero-order valence-corrected chi connectivity index (χ0v) is 6.16. The van der Waals surface area contributed by atoms with Gasteiger partial charge in [0, 0.05) is 5.92 Å². The number of rotatable bonds is 2. The minimum atomic E-state index is 0.317. The molecule has 1 rings (SSSR count). The van der Waals surface area contributed by atoms with Crippen LogP contribution in [0.5, 0.6) is 0 Å². The first-order chi connectivity index (χ1) is 4.74. The van der Waals surface area contributed by atoms with Crippen molar-refractivity contribution in [1.29, 1.82) is 0 Å². The van der Waals surface area contributed by atoms with Gasteiger partial charge in [0.05, 0.1) is 0 Å². The predicted octanol–water partition coefficient (Wildman–Crippen LogP) is 1.84. The summed E-state index contributed by atoms with van der Waals surface area (Å²) in [6.07, 6.45) is 1.54. The Morgan fingerprint density at radius 2 is 2.30 bits per heavy atom. The second-order valence-electron chi connectivity index (χ2n) is 2.35. The maximum Gasteiger partial charge on any atom is 0.250 e. The highest BCUT2D eigenvalue weighted by Gasteiger charge is 2.05. The third-order valence-electron chi connectivity index (χ3n) is 1.15. The summed E-state index contributed by atoms with van der Waals surface area (Å²) in [5.74, 6) is 1.54.